The molecule has 4 aromatic carbocycles. The summed E-state index contributed by atoms with van der Waals surface area (Å²) in [6.45, 7) is 5.42. The number of fused-ring (bicyclic) bond motifs is 2. The molecule has 0 spiro atoms. The minimum Gasteiger partial charge on any atom is -0.497 e. The van der Waals surface area contributed by atoms with Crippen LogP contribution < -0.4 is 15.0 Å². The van der Waals surface area contributed by atoms with E-state index in [0.29, 0.717) is 30.9 Å². The number of anilines is 1. The summed E-state index contributed by atoms with van der Waals surface area (Å²) in [6.07, 6.45) is 0. The molecule has 1 N–H and O–H groups in total. The number of amides is 2. The summed E-state index contributed by atoms with van der Waals surface area (Å²) in [5.41, 5.74) is 9.49. The number of rotatable bonds is 6. The van der Waals surface area contributed by atoms with Gasteiger partial charge in [-0.25, -0.2) is 0 Å². The van der Waals surface area contributed by atoms with Crippen molar-refractivity contribution >= 4 is 17.5 Å². The van der Waals surface area contributed by atoms with Crippen molar-refractivity contribution in [1.82, 2.24) is 9.88 Å². The zero-order chi connectivity index (χ0) is 29.2. The predicted molar refractivity (Wildman–Crippen MR) is 166 cm³/mol. The van der Waals surface area contributed by atoms with E-state index in [2.05, 4.69) is 31.3 Å². The zero-order valence-electron chi connectivity index (χ0n) is 24.1. The summed E-state index contributed by atoms with van der Waals surface area (Å²) in [7, 11) is 1.63. The highest BCUT2D eigenvalue weighted by molar-refractivity contribution is 6.07. The largest absolute Gasteiger partial charge is 0.497 e. The second-order valence-corrected chi connectivity index (χ2v) is 10.7. The van der Waals surface area contributed by atoms with Crippen molar-refractivity contribution in [3.05, 3.63) is 142 Å². The third-order valence-electron chi connectivity index (χ3n) is 8.00. The van der Waals surface area contributed by atoms with E-state index in [0.717, 1.165) is 39.4 Å². The Morgan fingerprint density at radius 2 is 1.52 bits per heavy atom. The first-order chi connectivity index (χ1) is 20.4. The summed E-state index contributed by atoms with van der Waals surface area (Å²) in [6, 6.07) is 33.6. The molecule has 1 aromatic heterocycles. The molecule has 2 amide bonds. The first kappa shape index (κ1) is 27.1. The maximum absolute atomic E-state index is 14.1. The number of aromatic nitrogens is 1. The molecular formula is C36H33N3O3. The Hall–Kier alpha value is -5.10. The summed E-state index contributed by atoms with van der Waals surface area (Å²) in [4.78, 5) is 29.2. The van der Waals surface area contributed by atoms with Gasteiger partial charge in [0.1, 0.15) is 11.4 Å². The summed E-state index contributed by atoms with van der Waals surface area (Å²) in [5.74, 6) is 0.552. The molecule has 42 heavy (non-hydrogen) atoms. The molecular weight excluding hydrogens is 522 g/mol. The summed E-state index contributed by atoms with van der Waals surface area (Å²) < 4.78 is 7.24. The van der Waals surface area contributed by atoms with E-state index in [9.17, 15) is 9.59 Å². The lowest BCUT2D eigenvalue weighted by molar-refractivity contribution is 0.0941. The van der Waals surface area contributed by atoms with Gasteiger partial charge in [0.15, 0.2) is 0 Å². The molecule has 2 heterocycles. The average Bonchev–Trinajstić information content (AvgIpc) is 3.33. The molecule has 1 aliphatic heterocycles. The number of hydrogen-bond donors (Lipinski definition) is 1. The molecule has 0 fully saturated rings. The van der Waals surface area contributed by atoms with Crippen LogP contribution in [0, 0.1) is 13.8 Å². The normalized spacial score (nSPS) is 12.2. The molecule has 0 bridgehead atoms. The number of aryl methyl sites for hydroxylation is 2. The Kier molecular flexibility index (Phi) is 7.36. The van der Waals surface area contributed by atoms with E-state index in [1.54, 1.807) is 7.11 Å². The Balaban J connectivity index is 1.27. The van der Waals surface area contributed by atoms with Crippen LogP contribution in [-0.2, 0) is 19.6 Å². The van der Waals surface area contributed by atoms with Crippen LogP contribution >= 0.6 is 0 Å². The van der Waals surface area contributed by atoms with Gasteiger partial charge in [-0.15, -0.1) is 0 Å². The van der Waals surface area contributed by atoms with E-state index >= 15 is 0 Å². The molecule has 6 heteroatoms. The first-order valence-electron chi connectivity index (χ1n) is 14.1. The van der Waals surface area contributed by atoms with Gasteiger partial charge >= 0.3 is 0 Å². The van der Waals surface area contributed by atoms with Crippen molar-refractivity contribution in [3.63, 3.8) is 0 Å². The standard InChI is InChI=1S/C36H33N3O3/c1-24-8-4-6-10-31(24)32-18-14-27(20-25(32)2)36(41)39-23-29-15-19-34(38(29)22-28-9-5-7-11-33(28)39)35(40)37-21-26-12-16-30(42-3)17-13-26/h4-20H,21-23H2,1-3H3,(H,37,40). The Morgan fingerprint density at radius 1 is 0.786 bits per heavy atom. The third kappa shape index (κ3) is 5.19. The van der Waals surface area contributed by atoms with Gasteiger partial charge in [0, 0.05) is 23.5 Å². The number of ether oxygens (including phenoxy) is 1. The average molecular weight is 556 g/mol. The SMILES string of the molecule is COc1ccc(CNC(=O)c2ccc3n2Cc2ccccc2N(C(=O)c2ccc(-c4ccccc4C)c(C)c2)C3)cc1. The van der Waals surface area contributed by atoms with Crippen LogP contribution in [0.15, 0.2) is 103 Å². The van der Waals surface area contributed by atoms with E-state index in [1.807, 2.05) is 100 Å². The highest BCUT2D eigenvalue weighted by Gasteiger charge is 2.27. The number of hydrogen-bond acceptors (Lipinski definition) is 3. The smallest absolute Gasteiger partial charge is 0.268 e. The van der Waals surface area contributed by atoms with Crippen molar-refractivity contribution in [3.8, 4) is 16.9 Å². The van der Waals surface area contributed by atoms with Crippen LogP contribution in [-0.4, -0.2) is 23.5 Å². The molecule has 0 saturated carbocycles. The molecule has 0 unspecified atom stereocenters. The van der Waals surface area contributed by atoms with Gasteiger partial charge in [-0.2, -0.15) is 0 Å². The quantitative estimate of drug-likeness (QED) is 0.247. The van der Waals surface area contributed by atoms with Gasteiger partial charge in [-0.05, 0) is 89.7 Å². The Morgan fingerprint density at radius 3 is 2.29 bits per heavy atom. The fourth-order valence-electron chi connectivity index (χ4n) is 5.69. The van der Waals surface area contributed by atoms with Crippen molar-refractivity contribution in [1.29, 1.82) is 0 Å². The van der Waals surface area contributed by atoms with Gasteiger partial charge in [-0.3, -0.25) is 9.59 Å². The molecule has 6 nitrogen and oxygen atoms in total. The Bertz CT molecular complexity index is 1790. The van der Waals surface area contributed by atoms with Crippen molar-refractivity contribution < 1.29 is 14.3 Å². The van der Waals surface area contributed by atoms with Gasteiger partial charge in [0.05, 0.1) is 20.2 Å². The topological polar surface area (TPSA) is 63.6 Å². The fraction of sp³-hybridized carbons (Fsp3) is 0.167. The monoisotopic (exact) mass is 555 g/mol. The lowest BCUT2D eigenvalue weighted by Crippen LogP contribution is -2.30. The van der Waals surface area contributed by atoms with E-state index in [-0.39, 0.29) is 11.8 Å². The molecule has 0 radical (unpaired) electrons. The lowest BCUT2D eigenvalue weighted by atomic mass is 9.95. The molecule has 0 saturated heterocycles. The summed E-state index contributed by atoms with van der Waals surface area (Å²) >= 11 is 0. The first-order valence-corrected chi connectivity index (χ1v) is 14.1. The van der Waals surface area contributed by atoms with Crippen LogP contribution in [0.5, 0.6) is 5.75 Å². The van der Waals surface area contributed by atoms with E-state index in [4.69, 9.17) is 4.74 Å². The van der Waals surface area contributed by atoms with Gasteiger partial charge in [-0.1, -0.05) is 60.7 Å². The maximum atomic E-state index is 14.1. The number of nitrogens with one attached hydrogen (secondary N) is 1. The van der Waals surface area contributed by atoms with E-state index in [1.165, 1.54) is 11.1 Å². The highest BCUT2D eigenvalue weighted by atomic mass is 16.5. The van der Waals surface area contributed by atoms with Crippen LogP contribution in [0.25, 0.3) is 11.1 Å². The second kappa shape index (κ2) is 11.4. The van der Waals surface area contributed by atoms with Crippen molar-refractivity contribution in [2.24, 2.45) is 0 Å². The molecule has 1 aliphatic rings. The van der Waals surface area contributed by atoms with Crippen molar-refractivity contribution in [2.45, 2.75) is 33.5 Å². The number of carbonyl (C=O) groups is 2. The molecule has 5 aromatic rings. The van der Waals surface area contributed by atoms with Crippen LogP contribution in [0.4, 0.5) is 5.69 Å². The number of para-hydroxylation sites is 1. The number of methoxy groups -OCH3 is 1. The molecule has 210 valence electrons. The lowest BCUT2D eigenvalue weighted by Gasteiger charge is -2.23. The number of carbonyl (C=O) groups excluding carboxylic acids is 2. The Labute approximate surface area is 246 Å². The zero-order valence-corrected chi connectivity index (χ0v) is 24.1. The number of nitrogens with zero attached hydrogens (tertiary/aromatic N) is 2. The predicted octanol–water partition coefficient (Wildman–Crippen LogP) is 6.92. The fourth-order valence-corrected chi connectivity index (χ4v) is 5.69. The van der Waals surface area contributed by atoms with Crippen LogP contribution in [0.2, 0.25) is 0 Å². The summed E-state index contributed by atoms with van der Waals surface area (Å²) in [5, 5.41) is 3.04. The maximum Gasteiger partial charge on any atom is 0.268 e. The second-order valence-electron chi connectivity index (χ2n) is 10.7. The van der Waals surface area contributed by atoms with E-state index < -0.39 is 0 Å². The van der Waals surface area contributed by atoms with Gasteiger partial charge in [0.2, 0.25) is 0 Å². The van der Waals surface area contributed by atoms with Gasteiger partial charge in [0.25, 0.3) is 11.8 Å². The third-order valence-corrected chi connectivity index (χ3v) is 8.00. The highest BCUT2D eigenvalue weighted by Crippen LogP contribution is 2.32. The number of benzene rings is 4. The molecule has 6 rings (SSSR count). The van der Waals surface area contributed by atoms with Crippen LogP contribution in [0.3, 0.4) is 0 Å². The van der Waals surface area contributed by atoms with Crippen molar-refractivity contribution in [2.75, 3.05) is 12.0 Å². The minimum absolute atomic E-state index is 0.0676. The van der Waals surface area contributed by atoms with Crippen LogP contribution in [0.1, 0.15) is 48.8 Å². The molecule has 0 aliphatic carbocycles. The minimum atomic E-state index is -0.156. The molecule has 0 atom stereocenters. The van der Waals surface area contributed by atoms with Gasteiger partial charge < -0.3 is 19.5 Å².